The zero-order valence-electron chi connectivity index (χ0n) is 19.0. The van der Waals surface area contributed by atoms with E-state index in [4.69, 9.17) is 4.74 Å². The Bertz CT molecular complexity index is 884. The lowest BCUT2D eigenvalue weighted by Gasteiger charge is -2.36. The molecule has 2 fully saturated rings. The first-order chi connectivity index (χ1) is 16.1. The summed E-state index contributed by atoms with van der Waals surface area (Å²) < 4.78 is 21.0. The van der Waals surface area contributed by atoms with Gasteiger partial charge in [-0.3, -0.25) is 9.48 Å². The smallest absolute Gasteiger partial charge is 0.221 e. The van der Waals surface area contributed by atoms with Gasteiger partial charge in [0, 0.05) is 25.1 Å². The third-order valence-electron chi connectivity index (χ3n) is 6.60. The molecule has 1 amide bonds. The lowest BCUT2D eigenvalue weighted by Crippen LogP contribution is -2.51. The monoisotopic (exact) mass is 459 g/mol. The number of ether oxygens (including phenoxy) is 1. The van der Waals surface area contributed by atoms with Crippen LogP contribution in [0.25, 0.3) is 11.3 Å². The van der Waals surface area contributed by atoms with E-state index in [1.165, 1.54) is 31.4 Å². The molecule has 0 aliphatic carbocycles. The number of aryl methyl sites for hydroxylation is 1. The lowest BCUT2D eigenvalue weighted by molar-refractivity contribution is -0.129. The number of carbonyl (C=O) groups excluding carboxylic acids is 1. The first-order valence-electron chi connectivity index (χ1n) is 12.0. The summed E-state index contributed by atoms with van der Waals surface area (Å²) in [5, 5.41) is 21.2. The highest BCUT2D eigenvalue weighted by Crippen LogP contribution is 2.23. The number of halogens is 1. The number of aromatic nitrogens is 3. The Balaban J connectivity index is 1.21. The predicted molar refractivity (Wildman–Crippen MR) is 122 cm³/mol. The lowest BCUT2D eigenvalue weighted by atomic mass is 9.97. The summed E-state index contributed by atoms with van der Waals surface area (Å²) in [6, 6.07) is 6.02. The van der Waals surface area contributed by atoms with Crippen LogP contribution >= 0.6 is 0 Å². The number of aliphatic hydroxyl groups excluding tert-OH is 1. The molecular weight excluding hydrogens is 425 g/mol. The summed E-state index contributed by atoms with van der Waals surface area (Å²) in [5.74, 6) is -0.252. The molecule has 0 spiro atoms. The van der Waals surface area contributed by atoms with Gasteiger partial charge in [-0.1, -0.05) is 11.6 Å². The summed E-state index contributed by atoms with van der Waals surface area (Å²) >= 11 is 0. The van der Waals surface area contributed by atoms with Gasteiger partial charge in [-0.05, 0) is 69.5 Å². The standard InChI is InChI=1S/C24H34FN5O3/c25-19-6-4-18(5-7-19)22-16-30(28-27-22)15-10-20-8-9-21(23(17-31)33-20)26-24(32)11-14-29-12-2-1-3-13-29/h4-7,16,20-21,23,31H,1-3,8-15,17H2,(H,26,32)/t20-,21-,23+/m0/s1. The van der Waals surface area contributed by atoms with Crippen LogP contribution in [0.15, 0.2) is 30.5 Å². The largest absolute Gasteiger partial charge is 0.394 e. The van der Waals surface area contributed by atoms with Crippen molar-refractivity contribution in [2.75, 3.05) is 26.2 Å². The number of nitrogens with one attached hydrogen (secondary N) is 1. The second kappa shape index (κ2) is 11.7. The Kier molecular flexibility index (Phi) is 8.41. The molecule has 1 aromatic carbocycles. The number of amides is 1. The van der Waals surface area contributed by atoms with E-state index in [0.29, 0.717) is 18.7 Å². The van der Waals surface area contributed by atoms with Crippen LogP contribution in [-0.4, -0.2) is 75.4 Å². The molecule has 2 saturated heterocycles. The van der Waals surface area contributed by atoms with E-state index in [1.54, 1.807) is 16.8 Å². The SMILES string of the molecule is O=C(CCN1CCCCC1)N[C@H]1CC[C@@H](CCn2cc(-c3ccc(F)cc3)nn2)O[C@@H]1CO. The normalized spacial score (nSPS) is 24.0. The molecule has 0 radical (unpaired) electrons. The van der Waals surface area contributed by atoms with Crippen LogP contribution in [0.1, 0.15) is 44.9 Å². The third kappa shape index (κ3) is 6.82. The van der Waals surface area contributed by atoms with Gasteiger partial charge in [0.1, 0.15) is 17.6 Å². The maximum Gasteiger partial charge on any atom is 0.221 e. The van der Waals surface area contributed by atoms with E-state index < -0.39 is 6.10 Å². The molecule has 2 N–H and O–H groups in total. The van der Waals surface area contributed by atoms with E-state index in [1.807, 2.05) is 6.20 Å². The zero-order valence-corrected chi connectivity index (χ0v) is 19.0. The van der Waals surface area contributed by atoms with Crippen molar-refractivity contribution in [2.45, 2.75) is 69.7 Å². The van der Waals surface area contributed by atoms with E-state index in [2.05, 4.69) is 20.5 Å². The molecule has 9 heteroatoms. The second-order valence-corrected chi connectivity index (χ2v) is 9.05. The fourth-order valence-electron chi connectivity index (χ4n) is 4.67. The van der Waals surface area contributed by atoms with Crippen molar-refractivity contribution in [3.8, 4) is 11.3 Å². The van der Waals surface area contributed by atoms with Crippen LogP contribution in [0, 0.1) is 5.82 Å². The number of rotatable bonds is 9. The van der Waals surface area contributed by atoms with Gasteiger partial charge in [-0.25, -0.2) is 4.39 Å². The quantitative estimate of drug-likeness (QED) is 0.598. The van der Waals surface area contributed by atoms with Crippen LogP contribution < -0.4 is 5.32 Å². The van der Waals surface area contributed by atoms with Crippen molar-refractivity contribution >= 4 is 5.91 Å². The number of carbonyl (C=O) groups is 1. The molecule has 2 aromatic rings. The molecule has 2 aliphatic rings. The van der Waals surface area contributed by atoms with Gasteiger partial charge in [0.05, 0.1) is 24.9 Å². The Labute approximate surface area is 194 Å². The Morgan fingerprint density at radius 3 is 2.70 bits per heavy atom. The van der Waals surface area contributed by atoms with E-state index in [-0.39, 0.29) is 30.5 Å². The van der Waals surface area contributed by atoms with Crippen LogP contribution in [0.2, 0.25) is 0 Å². The summed E-state index contributed by atoms with van der Waals surface area (Å²) in [7, 11) is 0. The van der Waals surface area contributed by atoms with Gasteiger partial charge in [-0.2, -0.15) is 0 Å². The topological polar surface area (TPSA) is 92.5 Å². The van der Waals surface area contributed by atoms with E-state index >= 15 is 0 Å². The van der Waals surface area contributed by atoms with Crippen molar-refractivity contribution in [1.82, 2.24) is 25.2 Å². The maximum absolute atomic E-state index is 13.1. The molecular formula is C24H34FN5O3. The predicted octanol–water partition coefficient (Wildman–Crippen LogP) is 2.38. The fourth-order valence-corrected chi connectivity index (χ4v) is 4.67. The highest BCUT2D eigenvalue weighted by molar-refractivity contribution is 5.76. The van der Waals surface area contributed by atoms with Crippen LogP contribution in [-0.2, 0) is 16.1 Å². The Hall–Kier alpha value is -2.36. The molecule has 3 atom stereocenters. The van der Waals surface area contributed by atoms with Crippen LogP contribution in [0.3, 0.4) is 0 Å². The minimum Gasteiger partial charge on any atom is -0.394 e. The number of benzene rings is 1. The number of piperidine rings is 1. The van der Waals surface area contributed by atoms with E-state index in [9.17, 15) is 14.3 Å². The summed E-state index contributed by atoms with van der Waals surface area (Å²) in [6.45, 7) is 3.47. The second-order valence-electron chi connectivity index (χ2n) is 9.05. The maximum atomic E-state index is 13.1. The highest BCUT2D eigenvalue weighted by Gasteiger charge is 2.31. The van der Waals surface area contributed by atoms with Crippen molar-refractivity contribution in [1.29, 1.82) is 0 Å². The first kappa shape index (κ1) is 23.8. The first-order valence-corrected chi connectivity index (χ1v) is 12.0. The van der Waals surface area contributed by atoms with Crippen molar-refractivity contribution < 1.29 is 19.0 Å². The molecule has 0 unspecified atom stereocenters. The van der Waals surface area contributed by atoms with Gasteiger partial charge in [0.2, 0.25) is 5.91 Å². The molecule has 3 heterocycles. The van der Waals surface area contributed by atoms with Crippen molar-refractivity contribution in [3.05, 3.63) is 36.3 Å². The van der Waals surface area contributed by atoms with Gasteiger partial charge < -0.3 is 20.1 Å². The van der Waals surface area contributed by atoms with E-state index in [0.717, 1.165) is 44.5 Å². The summed E-state index contributed by atoms with van der Waals surface area (Å²) in [4.78, 5) is 14.8. The fraction of sp³-hybridized carbons (Fsp3) is 0.625. The minimum atomic E-state index is -0.395. The number of hydrogen-bond acceptors (Lipinski definition) is 6. The molecule has 4 rings (SSSR count). The number of likely N-dealkylation sites (tertiary alicyclic amines) is 1. The van der Waals surface area contributed by atoms with Gasteiger partial charge in [0.15, 0.2) is 0 Å². The van der Waals surface area contributed by atoms with Crippen LogP contribution in [0.4, 0.5) is 4.39 Å². The number of hydrogen-bond donors (Lipinski definition) is 2. The summed E-state index contributed by atoms with van der Waals surface area (Å²) in [6.07, 6.45) is 7.96. The minimum absolute atomic E-state index is 0.0119. The molecule has 0 saturated carbocycles. The zero-order chi connectivity index (χ0) is 23.0. The summed E-state index contributed by atoms with van der Waals surface area (Å²) in [5.41, 5.74) is 1.51. The van der Waals surface area contributed by atoms with Gasteiger partial charge >= 0.3 is 0 Å². The van der Waals surface area contributed by atoms with Crippen LogP contribution in [0.5, 0.6) is 0 Å². The molecule has 8 nitrogen and oxygen atoms in total. The van der Waals surface area contributed by atoms with Gasteiger partial charge in [-0.15, -0.1) is 5.10 Å². The molecule has 0 bridgehead atoms. The molecule has 33 heavy (non-hydrogen) atoms. The number of aliphatic hydroxyl groups is 1. The average Bonchev–Trinajstić information content (AvgIpc) is 3.32. The highest BCUT2D eigenvalue weighted by atomic mass is 19.1. The molecule has 180 valence electrons. The Morgan fingerprint density at radius 2 is 1.94 bits per heavy atom. The Morgan fingerprint density at radius 1 is 1.15 bits per heavy atom. The average molecular weight is 460 g/mol. The number of nitrogens with zero attached hydrogens (tertiary/aromatic N) is 4. The molecule has 2 aliphatic heterocycles. The van der Waals surface area contributed by atoms with Gasteiger partial charge in [0.25, 0.3) is 0 Å². The van der Waals surface area contributed by atoms with Crippen molar-refractivity contribution in [2.24, 2.45) is 0 Å². The third-order valence-corrected chi connectivity index (χ3v) is 6.60. The van der Waals surface area contributed by atoms with Crippen molar-refractivity contribution in [3.63, 3.8) is 0 Å². The molecule has 1 aromatic heterocycles.